The maximum absolute atomic E-state index is 4.46. The minimum atomic E-state index is 0.569. The molecule has 1 aliphatic heterocycles. The largest absolute Gasteiger partial charge is 0.353 e. The third-order valence-corrected chi connectivity index (χ3v) is 3.60. The Kier molecular flexibility index (Phi) is 3.59. The molecule has 1 aliphatic rings. The minimum Gasteiger partial charge on any atom is -0.353 e. The highest BCUT2D eigenvalue weighted by molar-refractivity contribution is 5.82. The number of anilines is 1. The van der Waals surface area contributed by atoms with Crippen LogP contribution in [0.2, 0.25) is 0 Å². The second kappa shape index (κ2) is 5.52. The summed E-state index contributed by atoms with van der Waals surface area (Å²) in [5.74, 6) is 0.970. The molecule has 0 spiro atoms. The fourth-order valence-corrected chi connectivity index (χ4v) is 2.72. The van der Waals surface area contributed by atoms with Gasteiger partial charge in [0.05, 0.1) is 6.33 Å². The number of imidazole rings is 1. The van der Waals surface area contributed by atoms with E-state index in [1.165, 1.54) is 12.8 Å². The van der Waals surface area contributed by atoms with E-state index in [-0.39, 0.29) is 0 Å². The van der Waals surface area contributed by atoms with Crippen LogP contribution in [-0.4, -0.2) is 45.6 Å². The number of aromatic nitrogens is 4. The van der Waals surface area contributed by atoms with Crippen LogP contribution in [0.25, 0.3) is 11.2 Å². The molecule has 1 atom stereocenters. The molecule has 2 aromatic heterocycles. The van der Waals surface area contributed by atoms with Gasteiger partial charge >= 0.3 is 0 Å². The Morgan fingerprint density at radius 1 is 1.37 bits per heavy atom. The van der Waals surface area contributed by atoms with E-state index in [0.717, 1.165) is 43.0 Å². The molecule has 2 N–H and O–H groups in total. The van der Waals surface area contributed by atoms with Crippen LogP contribution >= 0.6 is 0 Å². The van der Waals surface area contributed by atoms with Crippen LogP contribution in [0, 0.1) is 0 Å². The van der Waals surface area contributed by atoms with Gasteiger partial charge in [-0.2, -0.15) is 0 Å². The highest BCUT2D eigenvalue weighted by atomic mass is 15.2. The topological polar surface area (TPSA) is 69.7 Å². The van der Waals surface area contributed by atoms with Gasteiger partial charge in [-0.15, -0.1) is 0 Å². The number of rotatable bonds is 5. The van der Waals surface area contributed by atoms with E-state index in [2.05, 4.69) is 37.1 Å². The van der Waals surface area contributed by atoms with Gasteiger partial charge in [0.1, 0.15) is 11.8 Å². The summed E-state index contributed by atoms with van der Waals surface area (Å²) in [6, 6.07) is 0.569. The van der Waals surface area contributed by atoms with E-state index in [9.17, 15) is 0 Å². The van der Waals surface area contributed by atoms with E-state index < -0.39 is 0 Å². The average molecular weight is 260 g/mol. The summed E-state index contributed by atoms with van der Waals surface area (Å²) in [4.78, 5) is 18.3. The summed E-state index contributed by atoms with van der Waals surface area (Å²) >= 11 is 0. The van der Waals surface area contributed by atoms with Crippen molar-refractivity contribution in [2.75, 3.05) is 24.5 Å². The highest BCUT2D eigenvalue weighted by Crippen LogP contribution is 2.21. The standard InChI is InChI=1S/C13H20N6/c1-2-6-19(7-10-4-3-5-14-10)13-11-12(16-8-15-11)17-9-18-13/h8-10,14H,2-7H2,1H3,(H,15,16,17,18). The fraction of sp³-hybridized carbons (Fsp3) is 0.615. The fourth-order valence-electron chi connectivity index (χ4n) is 2.72. The zero-order valence-corrected chi connectivity index (χ0v) is 11.3. The molecule has 1 unspecified atom stereocenters. The molecule has 0 saturated carbocycles. The van der Waals surface area contributed by atoms with Gasteiger partial charge in [-0.3, -0.25) is 0 Å². The first kappa shape index (κ1) is 12.3. The number of fused-ring (bicyclic) bond motifs is 1. The Bertz CT molecular complexity index is 531. The summed E-state index contributed by atoms with van der Waals surface area (Å²) in [5, 5.41) is 3.55. The molecule has 0 bridgehead atoms. The molecule has 3 rings (SSSR count). The van der Waals surface area contributed by atoms with Gasteiger partial charge in [0.15, 0.2) is 11.5 Å². The number of nitrogens with zero attached hydrogens (tertiary/aromatic N) is 4. The molecule has 6 heteroatoms. The Hall–Kier alpha value is -1.69. The van der Waals surface area contributed by atoms with Crippen molar-refractivity contribution >= 4 is 17.0 Å². The maximum atomic E-state index is 4.46. The first-order valence-corrected chi connectivity index (χ1v) is 7.01. The quantitative estimate of drug-likeness (QED) is 0.848. The minimum absolute atomic E-state index is 0.569. The molecule has 1 fully saturated rings. The number of nitrogens with one attached hydrogen (secondary N) is 2. The van der Waals surface area contributed by atoms with E-state index in [0.29, 0.717) is 6.04 Å². The summed E-state index contributed by atoms with van der Waals surface area (Å²) in [7, 11) is 0. The van der Waals surface area contributed by atoms with E-state index in [1.54, 1.807) is 12.7 Å². The van der Waals surface area contributed by atoms with Crippen molar-refractivity contribution in [3.8, 4) is 0 Å². The predicted molar refractivity (Wildman–Crippen MR) is 75.2 cm³/mol. The predicted octanol–water partition coefficient (Wildman–Crippen LogP) is 1.32. The molecule has 0 aliphatic carbocycles. The third-order valence-electron chi connectivity index (χ3n) is 3.60. The maximum Gasteiger partial charge on any atom is 0.182 e. The van der Waals surface area contributed by atoms with Crippen molar-refractivity contribution in [3.05, 3.63) is 12.7 Å². The van der Waals surface area contributed by atoms with Crippen molar-refractivity contribution in [3.63, 3.8) is 0 Å². The highest BCUT2D eigenvalue weighted by Gasteiger charge is 2.20. The number of hydrogen-bond donors (Lipinski definition) is 2. The third kappa shape index (κ3) is 2.53. The van der Waals surface area contributed by atoms with Crippen LogP contribution in [0.4, 0.5) is 5.82 Å². The van der Waals surface area contributed by atoms with Crippen LogP contribution in [0.1, 0.15) is 26.2 Å². The van der Waals surface area contributed by atoms with Crippen molar-refractivity contribution in [2.24, 2.45) is 0 Å². The first-order chi connectivity index (χ1) is 9.38. The van der Waals surface area contributed by atoms with Crippen molar-refractivity contribution in [1.29, 1.82) is 0 Å². The molecular formula is C13H20N6. The van der Waals surface area contributed by atoms with Crippen molar-refractivity contribution in [1.82, 2.24) is 25.3 Å². The van der Waals surface area contributed by atoms with E-state index in [1.807, 2.05) is 0 Å². The van der Waals surface area contributed by atoms with Crippen molar-refractivity contribution < 1.29 is 0 Å². The Morgan fingerprint density at radius 3 is 3.11 bits per heavy atom. The molecule has 1 saturated heterocycles. The monoisotopic (exact) mass is 260 g/mol. The normalized spacial score (nSPS) is 19.1. The van der Waals surface area contributed by atoms with Gasteiger partial charge in [-0.05, 0) is 25.8 Å². The van der Waals surface area contributed by atoms with Crippen LogP contribution in [0.5, 0.6) is 0 Å². The second-order valence-electron chi connectivity index (χ2n) is 5.04. The second-order valence-corrected chi connectivity index (χ2v) is 5.04. The number of hydrogen-bond acceptors (Lipinski definition) is 5. The zero-order chi connectivity index (χ0) is 13.1. The average Bonchev–Trinajstić information content (AvgIpc) is 3.08. The molecular weight excluding hydrogens is 240 g/mol. The lowest BCUT2D eigenvalue weighted by molar-refractivity contribution is 0.576. The summed E-state index contributed by atoms with van der Waals surface area (Å²) in [6.45, 7) is 5.33. The Morgan fingerprint density at radius 2 is 2.32 bits per heavy atom. The number of aromatic amines is 1. The molecule has 6 nitrogen and oxygen atoms in total. The van der Waals surface area contributed by atoms with Gasteiger partial charge in [0.2, 0.25) is 0 Å². The lowest BCUT2D eigenvalue weighted by Crippen LogP contribution is -2.38. The SMILES string of the molecule is CCCN(CC1CCCN1)c1ncnc2nc[nH]c12. The molecule has 2 aromatic rings. The van der Waals surface area contributed by atoms with Crippen LogP contribution in [0.3, 0.4) is 0 Å². The first-order valence-electron chi connectivity index (χ1n) is 7.01. The van der Waals surface area contributed by atoms with Gasteiger partial charge in [-0.25, -0.2) is 15.0 Å². The molecule has 102 valence electrons. The van der Waals surface area contributed by atoms with Gasteiger partial charge in [0.25, 0.3) is 0 Å². The Balaban J connectivity index is 1.87. The van der Waals surface area contributed by atoms with Gasteiger partial charge < -0.3 is 15.2 Å². The smallest absolute Gasteiger partial charge is 0.182 e. The van der Waals surface area contributed by atoms with E-state index >= 15 is 0 Å². The Labute approximate surface area is 112 Å². The zero-order valence-electron chi connectivity index (χ0n) is 11.3. The number of H-pyrrole nitrogens is 1. The van der Waals surface area contributed by atoms with Crippen LogP contribution in [0.15, 0.2) is 12.7 Å². The van der Waals surface area contributed by atoms with Crippen LogP contribution in [-0.2, 0) is 0 Å². The molecule has 19 heavy (non-hydrogen) atoms. The molecule has 3 heterocycles. The lowest BCUT2D eigenvalue weighted by atomic mass is 10.2. The van der Waals surface area contributed by atoms with E-state index in [4.69, 9.17) is 0 Å². The summed E-state index contributed by atoms with van der Waals surface area (Å²) < 4.78 is 0. The molecule has 0 aromatic carbocycles. The van der Waals surface area contributed by atoms with Gasteiger partial charge in [-0.1, -0.05) is 6.92 Å². The van der Waals surface area contributed by atoms with Crippen LogP contribution < -0.4 is 10.2 Å². The molecule has 0 amide bonds. The summed E-state index contributed by atoms with van der Waals surface area (Å²) in [5.41, 5.74) is 1.68. The molecule has 0 radical (unpaired) electrons. The van der Waals surface area contributed by atoms with Crippen molar-refractivity contribution in [2.45, 2.75) is 32.2 Å². The van der Waals surface area contributed by atoms with Gasteiger partial charge in [0, 0.05) is 19.1 Å². The summed E-state index contributed by atoms with van der Waals surface area (Å²) in [6.07, 6.45) is 6.90. The lowest BCUT2D eigenvalue weighted by Gasteiger charge is -2.26.